The standard InChI is InChI=1S/C6H8N2.H4N2/c7-5-3-1-2-4-6(5)8;1-2/h1-4H,7-8H2;1-2H2. The number of hydrogen-bond donors (Lipinski definition) is 4. The Morgan fingerprint density at radius 2 is 1.10 bits per heavy atom. The van der Waals surface area contributed by atoms with E-state index in [9.17, 15) is 0 Å². The molecule has 1 aromatic carbocycles. The topological polar surface area (TPSA) is 104 Å². The predicted molar refractivity (Wildman–Crippen MR) is 43.6 cm³/mol. The van der Waals surface area contributed by atoms with Gasteiger partial charge in [0.25, 0.3) is 0 Å². The largest absolute Gasteiger partial charge is 0.397 e. The molecule has 0 spiro atoms. The highest BCUT2D eigenvalue weighted by Crippen LogP contribution is 2.10. The summed E-state index contributed by atoms with van der Waals surface area (Å²) >= 11 is 0. The zero-order chi connectivity index (χ0) is 7.98. The number of nitrogens with two attached hydrogens (primary N) is 4. The molecule has 10 heavy (non-hydrogen) atoms. The highest BCUT2D eigenvalue weighted by atomic mass is 15.0. The molecule has 0 aliphatic carbocycles. The van der Waals surface area contributed by atoms with Crippen molar-refractivity contribution in [1.29, 1.82) is 0 Å². The Balaban J connectivity index is 0.000000371. The van der Waals surface area contributed by atoms with Crippen LogP contribution < -0.4 is 23.2 Å². The fourth-order valence-corrected chi connectivity index (χ4v) is 0.511. The number of benzene rings is 1. The van der Waals surface area contributed by atoms with E-state index >= 15 is 0 Å². The van der Waals surface area contributed by atoms with E-state index in [1.165, 1.54) is 0 Å². The Labute approximate surface area is 59.8 Å². The molecule has 0 aliphatic heterocycles. The maximum atomic E-state index is 5.39. The summed E-state index contributed by atoms with van der Waals surface area (Å²) in [6, 6.07) is 7.25. The molecule has 1 aromatic rings. The quantitative estimate of drug-likeness (QED) is 0.225. The summed E-state index contributed by atoms with van der Waals surface area (Å²) in [4.78, 5) is 0. The lowest BCUT2D eigenvalue weighted by Gasteiger charge is -1.94. The van der Waals surface area contributed by atoms with Crippen molar-refractivity contribution in [3.63, 3.8) is 0 Å². The van der Waals surface area contributed by atoms with Gasteiger partial charge in [-0.15, -0.1) is 0 Å². The predicted octanol–water partition coefficient (Wildman–Crippen LogP) is -0.330. The summed E-state index contributed by atoms with van der Waals surface area (Å²) in [6.07, 6.45) is 0. The van der Waals surface area contributed by atoms with Crippen LogP contribution in [0.15, 0.2) is 24.3 Å². The average molecular weight is 140 g/mol. The number of anilines is 2. The molecule has 0 radical (unpaired) electrons. The van der Waals surface area contributed by atoms with Crippen molar-refractivity contribution < 1.29 is 0 Å². The monoisotopic (exact) mass is 140 g/mol. The van der Waals surface area contributed by atoms with Gasteiger partial charge in [0.05, 0.1) is 11.4 Å². The van der Waals surface area contributed by atoms with Crippen LogP contribution in [0.1, 0.15) is 0 Å². The summed E-state index contributed by atoms with van der Waals surface area (Å²) < 4.78 is 0. The molecular formula is C6H12N4. The SMILES string of the molecule is NN.Nc1ccccc1N. The molecule has 0 bridgehead atoms. The van der Waals surface area contributed by atoms with Gasteiger partial charge in [0.2, 0.25) is 0 Å². The summed E-state index contributed by atoms with van der Waals surface area (Å²) in [6.45, 7) is 0. The van der Waals surface area contributed by atoms with E-state index in [2.05, 4.69) is 11.7 Å². The fraction of sp³-hybridized carbons (Fsp3) is 0. The molecule has 56 valence electrons. The number of para-hydroxylation sites is 2. The van der Waals surface area contributed by atoms with Crippen LogP contribution in [0.5, 0.6) is 0 Å². The Morgan fingerprint density at radius 3 is 1.30 bits per heavy atom. The molecule has 1 rings (SSSR count). The molecule has 0 amide bonds. The first-order chi connectivity index (χ1) is 4.80. The van der Waals surface area contributed by atoms with E-state index in [0.717, 1.165) is 0 Å². The van der Waals surface area contributed by atoms with E-state index in [0.29, 0.717) is 11.4 Å². The van der Waals surface area contributed by atoms with Gasteiger partial charge in [-0.25, -0.2) is 0 Å². The van der Waals surface area contributed by atoms with Crippen LogP contribution in [0, 0.1) is 0 Å². The first-order valence-corrected chi connectivity index (χ1v) is 2.74. The van der Waals surface area contributed by atoms with Gasteiger partial charge >= 0.3 is 0 Å². The third-order valence-electron chi connectivity index (χ3n) is 0.996. The highest BCUT2D eigenvalue weighted by Gasteiger charge is 1.85. The number of rotatable bonds is 0. The van der Waals surface area contributed by atoms with Gasteiger partial charge in [-0.05, 0) is 12.1 Å². The van der Waals surface area contributed by atoms with Crippen LogP contribution in [-0.2, 0) is 0 Å². The Morgan fingerprint density at radius 1 is 0.800 bits per heavy atom. The van der Waals surface area contributed by atoms with Gasteiger partial charge in [-0.3, -0.25) is 11.7 Å². The lowest BCUT2D eigenvalue weighted by Crippen LogP contribution is -2.02. The van der Waals surface area contributed by atoms with Crippen LogP contribution in [0.2, 0.25) is 0 Å². The summed E-state index contributed by atoms with van der Waals surface area (Å²) in [7, 11) is 0. The molecule has 0 saturated carbocycles. The van der Waals surface area contributed by atoms with Crippen LogP contribution in [-0.4, -0.2) is 0 Å². The molecular weight excluding hydrogens is 128 g/mol. The Kier molecular flexibility index (Phi) is 4.02. The molecule has 0 heterocycles. The van der Waals surface area contributed by atoms with Gasteiger partial charge < -0.3 is 11.5 Å². The van der Waals surface area contributed by atoms with Crippen LogP contribution >= 0.6 is 0 Å². The van der Waals surface area contributed by atoms with Crippen molar-refractivity contribution in [2.45, 2.75) is 0 Å². The third-order valence-corrected chi connectivity index (χ3v) is 0.996. The van der Waals surface area contributed by atoms with E-state index < -0.39 is 0 Å². The second-order valence-corrected chi connectivity index (χ2v) is 1.63. The highest BCUT2D eigenvalue weighted by molar-refractivity contribution is 5.62. The van der Waals surface area contributed by atoms with Gasteiger partial charge in [0.1, 0.15) is 0 Å². The van der Waals surface area contributed by atoms with Crippen molar-refractivity contribution in [3.8, 4) is 0 Å². The molecule has 0 saturated heterocycles. The molecule has 0 unspecified atom stereocenters. The van der Waals surface area contributed by atoms with Crippen LogP contribution in [0.4, 0.5) is 11.4 Å². The minimum absolute atomic E-state index is 0.646. The molecule has 8 N–H and O–H groups in total. The maximum Gasteiger partial charge on any atom is 0.0547 e. The Bertz CT molecular complexity index is 166. The van der Waals surface area contributed by atoms with Crippen molar-refractivity contribution in [3.05, 3.63) is 24.3 Å². The lowest BCUT2D eigenvalue weighted by atomic mass is 10.3. The molecule has 0 fully saturated rings. The van der Waals surface area contributed by atoms with Gasteiger partial charge in [0, 0.05) is 0 Å². The minimum Gasteiger partial charge on any atom is -0.397 e. The molecule has 0 aromatic heterocycles. The van der Waals surface area contributed by atoms with E-state index in [1.807, 2.05) is 12.1 Å². The Hall–Kier alpha value is -1.26. The first kappa shape index (κ1) is 8.74. The second-order valence-electron chi connectivity index (χ2n) is 1.63. The van der Waals surface area contributed by atoms with Crippen molar-refractivity contribution in [2.75, 3.05) is 11.5 Å². The van der Waals surface area contributed by atoms with Crippen LogP contribution in [0.25, 0.3) is 0 Å². The van der Waals surface area contributed by atoms with Gasteiger partial charge in [-0.2, -0.15) is 0 Å². The second kappa shape index (κ2) is 4.60. The van der Waals surface area contributed by atoms with Gasteiger partial charge in [0.15, 0.2) is 0 Å². The van der Waals surface area contributed by atoms with Gasteiger partial charge in [-0.1, -0.05) is 12.1 Å². The maximum absolute atomic E-state index is 5.39. The first-order valence-electron chi connectivity index (χ1n) is 2.74. The summed E-state index contributed by atoms with van der Waals surface area (Å²) in [5, 5.41) is 0. The third kappa shape index (κ3) is 2.34. The number of hydrogen-bond acceptors (Lipinski definition) is 4. The fourth-order valence-electron chi connectivity index (χ4n) is 0.511. The van der Waals surface area contributed by atoms with E-state index in [-0.39, 0.29) is 0 Å². The summed E-state index contributed by atoms with van der Waals surface area (Å²) in [5.74, 6) is 8.00. The van der Waals surface area contributed by atoms with Crippen molar-refractivity contribution in [2.24, 2.45) is 11.7 Å². The molecule has 4 nitrogen and oxygen atoms in total. The molecule has 0 atom stereocenters. The zero-order valence-corrected chi connectivity index (χ0v) is 5.62. The van der Waals surface area contributed by atoms with E-state index in [1.54, 1.807) is 12.1 Å². The van der Waals surface area contributed by atoms with E-state index in [4.69, 9.17) is 11.5 Å². The minimum atomic E-state index is 0.646. The average Bonchev–Trinajstić information content (AvgIpc) is 2.00. The van der Waals surface area contributed by atoms with Crippen molar-refractivity contribution in [1.82, 2.24) is 0 Å². The van der Waals surface area contributed by atoms with Crippen LogP contribution in [0.3, 0.4) is 0 Å². The number of nitrogen functional groups attached to an aromatic ring is 2. The molecule has 0 aliphatic rings. The summed E-state index contributed by atoms with van der Waals surface area (Å²) in [5.41, 5.74) is 12.1. The normalized spacial score (nSPS) is 7.80. The smallest absolute Gasteiger partial charge is 0.0547 e. The zero-order valence-electron chi connectivity index (χ0n) is 5.62. The molecule has 4 heteroatoms. The number of hydrazine groups is 1. The van der Waals surface area contributed by atoms with Crippen molar-refractivity contribution >= 4 is 11.4 Å². The lowest BCUT2D eigenvalue weighted by molar-refractivity contribution is 1.26.